The van der Waals surface area contributed by atoms with E-state index in [2.05, 4.69) is 21.2 Å². The second kappa shape index (κ2) is 11.0. The summed E-state index contributed by atoms with van der Waals surface area (Å²) in [5.74, 6) is -0.294. The van der Waals surface area contributed by atoms with E-state index in [1.807, 2.05) is 13.0 Å². The highest BCUT2D eigenvalue weighted by molar-refractivity contribution is 9.10. The predicted molar refractivity (Wildman–Crippen MR) is 159 cm³/mol. The summed E-state index contributed by atoms with van der Waals surface area (Å²) < 4.78 is 43.6. The molecule has 0 bridgehead atoms. The molecule has 2 aromatic heterocycles. The molecule has 1 aliphatic carbocycles. The molecule has 0 radical (unpaired) electrons. The first-order valence-electron chi connectivity index (χ1n) is 14.1. The number of aryl methyl sites for hydroxylation is 1. The van der Waals surface area contributed by atoms with Gasteiger partial charge in [0.25, 0.3) is 17.4 Å². The molecule has 1 aliphatic heterocycles. The molecule has 1 fully saturated rings. The molecule has 2 amide bonds. The van der Waals surface area contributed by atoms with E-state index in [0.717, 1.165) is 30.3 Å². The molecule has 4 aromatic rings. The third kappa shape index (κ3) is 5.33. The van der Waals surface area contributed by atoms with Gasteiger partial charge in [0.05, 0.1) is 29.2 Å². The van der Waals surface area contributed by atoms with E-state index in [1.54, 1.807) is 35.9 Å². The molecule has 13 heteroatoms. The van der Waals surface area contributed by atoms with Crippen molar-refractivity contribution in [3.05, 3.63) is 103 Å². The maximum absolute atomic E-state index is 14.2. The number of carbonyl (C=O) groups is 2. The van der Waals surface area contributed by atoms with Crippen LogP contribution in [0.3, 0.4) is 0 Å². The van der Waals surface area contributed by atoms with Crippen LogP contribution in [0.15, 0.2) is 57.8 Å². The van der Waals surface area contributed by atoms with Crippen molar-refractivity contribution in [2.45, 2.75) is 57.8 Å². The Morgan fingerprint density at radius 3 is 2.36 bits per heavy atom. The topological polar surface area (TPSA) is 102 Å². The van der Waals surface area contributed by atoms with Crippen LogP contribution in [-0.4, -0.2) is 49.1 Å². The molecule has 1 atom stereocenters. The maximum Gasteiger partial charge on any atom is 0.417 e. The molecule has 2 aliphatic rings. The number of fused-ring (bicyclic) bond motifs is 1. The van der Waals surface area contributed by atoms with Gasteiger partial charge in [0.15, 0.2) is 0 Å². The Morgan fingerprint density at radius 2 is 1.73 bits per heavy atom. The lowest BCUT2D eigenvalue weighted by Crippen LogP contribution is -2.46. The first kappa shape index (κ1) is 29.8. The van der Waals surface area contributed by atoms with Crippen molar-refractivity contribution in [1.82, 2.24) is 29.5 Å². The number of alkyl halides is 3. The number of amides is 2. The van der Waals surface area contributed by atoms with Gasteiger partial charge in [-0.1, -0.05) is 15.9 Å². The van der Waals surface area contributed by atoms with Gasteiger partial charge in [-0.15, -0.1) is 0 Å². The number of carbonyl (C=O) groups excluding carboxylic acids is 2. The van der Waals surface area contributed by atoms with E-state index in [4.69, 9.17) is 10.1 Å². The molecular formula is C31H28BrF3N6O3. The lowest BCUT2D eigenvalue weighted by molar-refractivity contribution is -0.138. The minimum absolute atomic E-state index is 0.0682. The van der Waals surface area contributed by atoms with Crippen LogP contribution in [0.1, 0.15) is 74.6 Å². The number of hydrogen-bond acceptors (Lipinski definition) is 5. The van der Waals surface area contributed by atoms with Gasteiger partial charge in [-0.2, -0.15) is 18.3 Å². The molecule has 1 unspecified atom stereocenters. The van der Waals surface area contributed by atoms with Crippen molar-refractivity contribution in [2.24, 2.45) is 0 Å². The summed E-state index contributed by atoms with van der Waals surface area (Å²) in [7, 11) is 1.53. The minimum Gasteiger partial charge on any atom is -0.355 e. The lowest BCUT2D eigenvalue weighted by atomic mass is 9.98. The molecule has 44 heavy (non-hydrogen) atoms. The fourth-order valence-corrected chi connectivity index (χ4v) is 5.99. The Bertz CT molecular complexity index is 1860. The van der Waals surface area contributed by atoms with Crippen LogP contribution in [-0.2, 0) is 19.1 Å². The van der Waals surface area contributed by atoms with Gasteiger partial charge in [-0.25, -0.2) is 14.2 Å². The Morgan fingerprint density at radius 1 is 1.05 bits per heavy atom. The van der Waals surface area contributed by atoms with E-state index >= 15 is 0 Å². The predicted octanol–water partition coefficient (Wildman–Crippen LogP) is 5.33. The summed E-state index contributed by atoms with van der Waals surface area (Å²) >= 11 is 2.92. The van der Waals surface area contributed by atoms with Gasteiger partial charge < -0.3 is 10.2 Å². The number of nitrogens with one attached hydrogen (secondary N) is 1. The smallest absolute Gasteiger partial charge is 0.355 e. The second-order valence-electron chi connectivity index (χ2n) is 11.2. The highest BCUT2D eigenvalue weighted by Crippen LogP contribution is 2.40. The quantitative estimate of drug-likeness (QED) is 0.310. The van der Waals surface area contributed by atoms with Crippen molar-refractivity contribution in [2.75, 3.05) is 7.05 Å². The van der Waals surface area contributed by atoms with Crippen molar-refractivity contribution < 1.29 is 22.8 Å². The SMILES string of the molecule is CNC(=O)c1ccc(-n2c(-n3nc(C4CC4)cc3C)nc3c(c2=O)CC(C)N(C(=O)c2ccc(Br)c(C(F)(F)F)c2)C3)cc1. The van der Waals surface area contributed by atoms with Gasteiger partial charge in [-0.05, 0) is 81.6 Å². The van der Waals surface area contributed by atoms with E-state index in [-0.39, 0.29) is 40.4 Å². The van der Waals surface area contributed by atoms with Crippen LogP contribution in [0.2, 0.25) is 0 Å². The zero-order valence-electron chi connectivity index (χ0n) is 24.1. The first-order valence-corrected chi connectivity index (χ1v) is 14.9. The molecule has 228 valence electrons. The first-order chi connectivity index (χ1) is 20.9. The molecule has 6 rings (SSSR count). The molecule has 0 spiro atoms. The van der Waals surface area contributed by atoms with Gasteiger partial charge >= 0.3 is 6.18 Å². The normalized spacial score (nSPS) is 16.5. The molecule has 1 saturated carbocycles. The molecule has 1 N–H and O–H groups in total. The van der Waals surface area contributed by atoms with Crippen LogP contribution in [0.5, 0.6) is 0 Å². The van der Waals surface area contributed by atoms with E-state index in [9.17, 15) is 27.6 Å². The van der Waals surface area contributed by atoms with Crippen LogP contribution in [0.25, 0.3) is 11.6 Å². The Kier molecular flexibility index (Phi) is 7.47. The zero-order valence-corrected chi connectivity index (χ0v) is 25.7. The Hall–Kier alpha value is -4.26. The number of aromatic nitrogens is 4. The fourth-order valence-electron chi connectivity index (χ4n) is 5.52. The molecular weight excluding hydrogens is 641 g/mol. The zero-order chi connectivity index (χ0) is 31.5. The molecule has 2 aromatic carbocycles. The Labute approximate surface area is 258 Å². The van der Waals surface area contributed by atoms with E-state index in [1.165, 1.54) is 28.6 Å². The van der Waals surface area contributed by atoms with Crippen molar-refractivity contribution >= 4 is 27.7 Å². The largest absolute Gasteiger partial charge is 0.417 e. The van der Waals surface area contributed by atoms with Crippen LogP contribution in [0.4, 0.5) is 13.2 Å². The fraction of sp³-hybridized carbons (Fsp3) is 0.323. The average Bonchev–Trinajstić information content (AvgIpc) is 3.77. The van der Waals surface area contributed by atoms with Crippen molar-refractivity contribution in [3.8, 4) is 11.6 Å². The van der Waals surface area contributed by atoms with Gasteiger partial charge in [0.1, 0.15) is 0 Å². The highest BCUT2D eigenvalue weighted by Gasteiger charge is 2.36. The van der Waals surface area contributed by atoms with Crippen LogP contribution < -0.4 is 10.9 Å². The average molecular weight is 670 g/mol. The third-order valence-electron chi connectivity index (χ3n) is 8.08. The number of nitrogens with zero attached hydrogens (tertiary/aromatic N) is 5. The van der Waals surface area contributed by atoms with E-state index < -0.39 is 23.7 Å². The molecule has 0 saturated heterocycles. The third-order valence-corrected chi connectivity index (χ3v) is 8.77. The number of hydrogen-bond donors (Lipinski definition) is 1. The van der Waals surface area contributed by atoms with Crippen LogP contribution >= 0.6 is 15.9 Å². The standard InChI is InChI=1S/C31H28BrF3N6O3/c1-16-12-22-26(15-39(16)28(43)20-8-11-24(32)23(14-20)31(33,34)35)37-30(41-17(2)13-25(38-41)18-4-5-18)40(29(22)44)21-9-6-19(7-10-21)27(42)36-3/h6-11,13-14,16,18H,4-5,12,15H2,1-3H3,(H,36,42). The minimum atomic E-state index is -4.64. The van der Waals surface area contributed by atoms with Crippen LogP contribution in [0, 0.1) is 6.92 Å². The number of rotatable bonds is 5. The highest BCUT2D eigenvalue weighted by atomic mass is 79.9. The second-order valence-corrected chi connectivity index (χ2v) is 12.0. The Balaban J connectivity index is 1.45. The summed E-state index contributed by atoms with van der Waals surface area (Å²) in [6, 6.07) is 11.4. The molecule has 9 nitrogen and oxygen atoms in total. The molecule has 3 heterocycles. The summed E-state index contributed by atoms with van der Waals surface area (Å²) in [6.45, 7) is 3.55. The monoisotopic (exact) mass is 668 g/mol. The number of benzene rings is 2. The van der Waals surface area contributed by atoms with Gasteiger partial charge in [0.2, 0.25) is 5.95 Å². The van der Waals surface area contributed by atoms with Gasteiger partial charge in [-0.3, -0.25) is 14.4 Å². The number of halogens is 4. The van der Waals surface area contributed by atoms with Gasteiger partial charge in [0, 0.05) is 45.9 Å². The summed E-state index contributed by atoms with van der Waals surface area (Å²) in [4.78, 5) is 46.2. The summed E-state index contributed by atoms with van der Waals surface area (Å²) in [5.41, 5.74) is 1.92. The lowest BCUT2D eigenvalue weighted by Gasteiger charge is -2.34. The summed E-state index contributed by atoms with van der Waals surface area (Å²) in [6.07, 6.45) is -2.43. The van der Waals surface area contributed by atoms with E-state index in [0.29, 0.717) is 28.4 Å². The van der Waals surface area contributed by atoms with Crippen molar-refractivity contribution in [3.63, 3.8) is 0 Å². The maximum atomic E-state index is 14.2. The van der Waals surface area contributed by atoms with Crippen molar-refractivity contribution in [1.29, 1.82) is 0 Å². The summed E-state index contributed by atoms with van der Waals surface area (Å²) in [5, 5.41) is 7.35.